The third-order valence-electron chi connectivity index (χ3n) is 3.71. The lowest BCUT2D eigenvalue weighted by molar-refractivity contribution is 0.374. The van der Waals surface area contributed by atoms with E-state index in [1.54, 1.807) is 0 Å². The molecule has 2 atom stereocenters. The average molecular weight is 273 g/mol. The molecule has 0 radical (unpaired) electrons. The molecule has 108 valence electrons. The maximum absolute atomic E-state index is 5.85. The largest absolute Gasteiger partial charge is 0.425 e. The fraction of sp³-hybridized carbons (Fsp3) is 0.500. The zero-order valence-corrected chi connectivity index (χ0v) is 12.2. The minimum Gasteiger partial charge on any atom is -0.425 e. The molecule has 0 fully saturated rings. The van der Waals surface area contributed by atoms with Crippen LogP contribution in [0.1, 0.15) is 50.0 Å². The molecule has 0 saturated heterocycles. The molecule has 0 amide bonds. The van der Waals surface area contributed by atoms with Gasteiger partial charge >= 0.3 is 0 Å². The summed E-state index contributed by atoms with van der Waals surface area (Å²) in [4.78, 5) is 0. The standard InChI is InChI=1S/C16H23N3O/c1-3-12(2)15(13-8-5-4-6-9-13)16-19-18-14(20-16)10-7-11-17/h4-6,8-9,12,15H,3,7,10-11,17H2,1-2H3. The molecule has 4 heteroatoms. The molecule has 2 rings (SSSR count). The zero-order valence-electron chi connectivity index (χ0n) is 12.2. The van der Waals surface area contributed by atoms with Gasteiger partial charge in [-0.1, -0.05) is 50.6 Å². The van der Waals surface area contributed by atoms with Crippen LogP contribution in [0.2, 0.25) is 0 Å². The van der Waals surface area contributed by atoms with Gasteiger partial charge in [-0.2, -0.15) is 0 Å². The number of nitrogens with two attached hydrogens (primary N) is 1. The highest BCUT2D eigenvalue weighted by Gasteiger charge is 2.25. The number of hydrogen-bond acceptors (Lipinski definition) is 4. The van der Waals surface area contributed by atoms with E-state index in [1.807, 2.05) is 6.07 Å². The molecule has 0 aliphatic heterocycles. The van der Waals surface area contributed by atoms with Gasteiger partial charge < -0.3 is 10.2 Å². The number of benzene rings is 1. The molecule has 1 aromatic carbocycles. The Labute approximate surface area is 120 Å². The van der Waals surface area contributed by atoms with Crippen molar-refractivity contribution in [1.82, 2.24) is 10.2 Å². The molecule has 2 unspecified atom stereocenters. The maximum atomic E-state index is 5.85. The van der Waals surface area contributed by atoms with E-state index in [4.69, 9.17) is 10.2 Å². The Balaban J connectivity index is 2.25. The first-order chi connectivity index (χ1) is 9.76. The van der Waals surface area contributed by atoms with Crippen LogP contribution in [-0.2, 0) is 6.42 Å². The first-order valence-electron chi connectivity index (χ1n) is 7.33. The van der Waals surface area contributed by atoms with E-state index < -0.39 is 0 Å². The SMILES string of the molecule is CCC(C)C(c1ccccc1)c1nnc(CCCN)o1. The molecular formula is C16H23N3O. The Morgan fingerprint density at radius 1 is 1.20 bits per heavy atom. The topological polar surface area (TPSA) is 64.9 Å². The molecule has 4 nitrogen and oxygen atoms in total. The van der Waals surface area contributed by atoms with E-state index in [2.05, 4.69) is 48.3 Å². The molecule has 2 aromatic rings. The van der Waals surface area contributed by atoms with E-state index in [-0.39, 0.29) is 5.92 Å². The molecule has 20 heavy (non-hydrogen) atoms. The minimum atomic E-state index is 0.167. The Hall–Kier alpha value is -1.68. The van der Waals surface area contributed by atoms with Gasteiger partial charge in [0.2, 0.25) is 11.8 Å². The van der Waals surface area contributed by atoms with Gasteiger partial charge in [-0.3, -0.25) is 0 Å². The summed E-state index contributed by atoms with van der Waals surface area (Å²) in [5.41, 5.74) is 6.75. The maximum Gasteiger partial charge on any atom is 0.224 e. The van der Waals surface area contributed by atoms with Crippen molar-refractivity contribution in [3.63, 3.8) is 0 Å². The lowest BCUT2D eigenvalue weighted by Crippen LogP contribution is -2.11. The first kappa shape index (κ1) is 14.7. The Morgan fingerprint density at radius 3 is 2.60 bits per heavy atom. The van der Waals surface area contributed by atoms with Gasteiger partial charge in [0.15, 0.2) is 0 Å². The van der Waals surface area contributed by atoms with Gasteiger partial charge in [-0.25, -0.2) is 0 Å². The summed E-state index contributed by atoms with van der Waals surface area (Å²) in [5.74, 6) is 2.03. The summed E-state index contributed by atoms with van der Waals surface area (Å²) in [6.07, 6.45) is 2.70. The number of rotatable bonds is 7. The fourth-order valence-corrected chi connectivity index (χ4v) is 2.36. The number of hydrogen-bond donors (Lipinski definition) is 1. The fourth-order valence-electron chi connectivity index (χ4n) is 2.36. The van der Waals surface area contributed by atoms with Crippen LogP contribution in [0.5, 0.6) is 0 Å². The minimum absolute atomic E-state index is 0.167. The lowest BCUT2D eigenvalue weighted by Gasteiger charge is -2.19. The predicted octanol–water partition coefficient (Wildman–Crippen LogP) is 3.14. The second-order valence-electron chi connectivity index (χ2n) is 5.20. The second-order valence-corrected chi connectivity index (χ2v) is 5.20. The number of aromatic nitrogens is 2. The highest BCUT2D eigenvalue weighted by Crippen LogP contribution is 2.32. The molecule has 1 aromatic heterocycles. The summed E-state index contributed by atoms with van der Waals surface area (Å²) in [7, 11) is 0. The number of aryl methyl sites for hydroxylation is 1. The van der Waals surface area contributed by atoms with Gasteiger partial charge in [-0.05, 0) is 24.4 Å². The number of nitrogens with zero attached hydrogens (tertiary/aromatic N) is 2. The summed E-state index contributed by atoms with van der Waals surface area (Å²) in [6.45, 7) is 5.05. The van der Waals surface area contributed by atoms with E-state index in [9.17, 15) is 0 Å². The van der Waals surface area contributed by atoms with Crippen LogP contribution in [0.4, 0.5) is 0 Å². The third kappa shape index (κ3) is 3.45. The monoisotopic (exact) mass is 273 g/mol. The van der Waals surface area contributed by atoms with Gasteiger partial charge in [-0.15, -0.1) is 10.2 Å². The first-order valence-corrected chi connectivity index (χ1v) is 7.33. The smallest absolute Gasteiger partial charge is 0.224 e. The van der Waals surface area contributed by atoms with Gasteiger partial charge in [0, 0.05) is 6.42 Å². The quantitative estimate of drug-likeness (QED) is 0.841. The van der Waals surface area contributed by atoms with Gasteiger partial charge in [0.05, 0.1) is 5.92 Å². The zero-order chi connectivity index (χ0) is 14.4. The molecule has 2 N–H and O–H groups in total. The van der Waals surface area contributed by atoms with Crippen molar-refractivity contribution in [2.75, 3.05) is 6.54 Å². The van der Waals surface area contributed by atoms with Gasteiger partial charge in [0.25, 0.3) is 0 Å². The van der Waals surface area contributed by atoms with Crippen molar-refractivity contribution in [3.8, 4) is 0 Å². The van der Waals surface area contributed by atoms with Crippen molar-refractivity contribution in [1.29, 1.82) is 0 Å². The van der Waals surface area contributed by atoms with E-state index in [0.717, 1.165) is 25.2 Å². The van der Waals surface area contributed by atoms with Crippen molar-refractivity contribution in [3.05, 3.63) is 47.7 Å². The molecule has 1 heterocycles. The lowest BCUT2D eigenvalue weighted by atomic mass is 9.85. The van der Waals surface area contributed by atoms with Crippen molar-refractivity contribution < 1.29 is 4.42 Å². The summed E-state index contributed by atoms with van der Waals surface area (Å²) >= 11 is 0. The summed E-state index contributed by atoms with van der Waals surface area (Å²) in [5, 5.41) is 8.40. The van der Waals surface area contributed by atoms with Crippen LogP contribution < -0.4 is 5.73 Å². The van der Waals surface area contributed by atoms with Crippen LogP contribution in [-0.4, -0.2) is 16.7 Å². The Morgan fingerprint density at radius 2 is 1.95 bits per heavy atom. The molecule has 0 aliphatic rings. The van der Waals surface area contributed by atoms with Crippen molar-refractivity contribution >= 4 is 0 Å². The van der Waals surface area contributed by atoms with Crippen molar-refractivity contribution in [2.24, 2.45) is 11.7 Å². The van der Waals surface area contributed by atoms with Crippen LogP contribution in [0.15, 0.2) is 34.7 Å². The van der Waals surface area contributed by atoms with Gasteiger partial charge in [0.1, 0.15) is 0 Å². The van der Waals surface area contributed by atoms with E-state index in [1.165, 1.54) is 5.56 Å². The molecule has 0 spiro atoms. The van der Waals surface area contributed by atoms with Crippen LogP contribution in [0, 0.1) is 5.92 Å². The Bertz CT molecular complexity index is 509. The normalized spacial score (nSPS) is 14.2. The molecule has 0 aliphatic carbocycles. The highest BCUT2D eigenvalue weighted by atomic mass is 16.4. The van der Waals surface area contributed by atoms with E-state index in [0.29, 0.717) is 18.4 Å². The predicted molar refractivity (Wildman–Crippen MR) is 79.4 cm³/mol. The van der Waals surface area contributed by atoms with Crippen molar-refractivity contribution in [2.45, 2.75) is 39.0 Å². The van der Waals surface area contributed by atoms with E-state index >= 15 is 0 Å². The average Bonchev–Trinajstić information content (AvgIpc) is 2.94. The van der Waals surface area contributed by atoms with Crippen LogP contribution in [0.25, 0.3) is 0 Å². The summed E-state index contributed by atoms with van der Waals surface area (Å²) < 4.78 is 5.85. The highest BCUT2D eigenvalue weighted by molar-refractivity contribution is 5.25. The Kier molecular flexibility index (Phi) is 5.30. The molecule has 0 saturated carbocycles. The second kappa shape index (κ2) is 7.20. The third-order valence-corrected chi connectivity index (χ3v) is 3.71. The summed E-state index contributed by atoms with van der Waals surface area (Å²) in [6, 6.07) is 10.4. The molecule has 0 bridgehead atoms. The molecular weight excluding hydrogens is 250 g/mol. The van der Waals surface area contributed by atoms with Crippen LogP contribution >= 0.6 is 0 Å². The van der Waals surface area contributed by atoms with Crippen LogP contribution in [0.3, 0.4) is 0 Å².